The van der Waals surface area contributed by atoms with E-state index < -0.39 is 0 Å². The first kappa shape index (κ1) is 10.9. The average Bonchev–Trinajstić information content (AvgIpc) is 2.44. The molecule has 1 aromatic heterocycles. The summed E-state index contributed by atoms with van der Waals surface area (Å²) in [7, 11) is 0. The number of hydrogen-bond donors (Lipinski definition) is 1. The van der Waals surface area contributed by atoms with E-state index in [1.165, 1.54) is 19.3 Å². The molecule has 0 atom stereocenters. The van der Waals surface area contributed by atoms with E-state index in [2.05, 4.69) is 32.6 Å². The number of aromatic nitrogens is 2. The van der Waals surface area contributed by atoms with Crippen LogP contribution in [-0.4, -0.2) is 22.5 Å². The van der Waals surface area contributed by atoms with E-state index in [1.807, 2.05) is 0 Å². The number of carbonyl (C=O) groups is 1. The van der Waals surface area contributed by atoms with Gasteiger partial charge in [0.25, 0.3) is 0 Å². The first-order chi connectivity index (χ1) is 7.22. The van der Waals surface area contributed by atoms with Crippen LogP contribution in [0.3, 0.4) is 0 Å². The fourth-order valence-electron chi connectivity index (χ4n) is 1.58. The molecule has 0 amide bonds. The van der Waals surface area contributed by atoms with E-state index in [4.69, 9.17) is 4.74 Å². The number of halogens is 1. The fraction of sp³-hybridized carbons (Fsp3) is 0.600. The summed E-state index contributed by atoms with van der Waals surface area (Å²) in [6, 6.07) is 0. The largest absolute Gasteiger partial charge is 0.461 e. The van der Waals surface area contributed by atoms with Crippen molar-refractivity contribution >= 4 is 28.6 Å². The molecule has 0 radical (unpaired) electrons. The molecule has 0 bridgehead atoms. The van der Waals surface area contributed by atoms with Gasteiger partial charge < -0.3 is 9.72 Å². The highest BCUT2D eigenvalue weighted by atomic mass is 127. The van der Waals surface area contributed by atoms with Crippen molar-refractivity contribution in [2.24, 2.45) is 0 Å². The van der Waals surface area contributed by atoms with Gasteiger partial charge in [0.05, 0.1) is 6.61 Å². The smallest absolute Gasteiger partial charge is 0.359 e. The van der Waals surface area contributed by atoms with Crippen LogP contribution in [0.4, 0.5) is 0 Å². The van der Waals surface area contributed by atoms with Crippen LogP contribution >= 0.6 is 22.6 Å². The fourth-order valence-corrected chi connectivity index (χ4v) is 2.20. The Morgan fingerprint density at radius 3 is 2.93 bits per heavy atom. The first-order valence-corrected chi connectivity index (χ1v) is 6.22. The third-order valence-electron chi connectivity index (χ3n) is 2.64. The minimum atomic E-state index is -0.330. The molecular formula is C10H13IN2O2. The van der Waals surface area contributed by atoms with Crippen LogP contribution in [-0.2, 0) is 4.74 Å². The lowest BCUT2D eigenvalue weighted by atomic mass is 9.85. The third kappa shape index (κ3) is 2.16. The Bertz CT molecular complexity index is 371. The second-order valence-corrected chi connectivity index (χ2v) is 4.71. The Morgan fingerprint density at radius 2 is 2.40 bits per heavy atom. The number of esters is 1. The second kappa shape index (κ2) is 4.51. The number of nitrogens with zero attached hydrogens (tertiary/aromatic N) is 1. The number of rotatable bonds is 3. The van der Waals surface area contributed by atoms with E-state index >= 15 is 0 Å². The summed E-state index contributed by atoms with van der Waals surface area (Å²) in [5.41, 5.74) is 0.430. The molecule has 1 saturated carbocycles. The molecule has 0 aliphatic heterocycles. The van der Waals surface area contributed by atoms with Crippen LogP contribution in [0, 0.1) is 3.70 Å². The Labute approximate surface area is 102 Å². The molecule has 1 heterocycles. The first-order valence-electron chi connectivity index (χ1n) is 5.15. The summed E-state index contributed by atoms with van der Waals surface area (Å²) < 4.78 is 5.71. The predicted molar refractivity (Wildman–Crippen MR) is 63.9 cm³/mol. The highest BCUT2D eigenvalue weighted by Gasteiger charge is 2.25. The lowest BCUT2D eigenvalue weighted by Crippen LogP contribution is -2.11. The molecule has 0 unspecified atom stereocenters. The Balaban J connectivity index is 2.17. The molecule has 1 aliphatic rings. The van der Waals surface area contributed by atoms with Gasteiger partial charge in [0.1, 0.15) is 9.53 Å². The zero-order valence-electron chi connectivity index (χ0n) is 8.55. The van der Waals surface area contributed by atoms with Gasteiger partial charge in [-0.15, -0.1) is 0 Å². The van der Waals surface area contributed by atoms with Crippen molar-refractivity contribution in [1.82, 2.24) is 9.97 Å². The molecule has 82 valence electrons. The van der Waals surface area contributed by atoms with E-state index in [-0.39, 0.29) is 5.97 Å². The molecule has 4 nitrogen and oxygen atoms in total. The van der Waals surface area contributed by atoms with Crippen molar-refractivity contribution in [1.29, 1.82) is 0 Å². The topological polar surface area (TPSA) is 55.0 Å². The van der Waals surface area contributed by atoms with Crippen LogP contribution < -0.4 is 0 Å². The van der Waals surface area contributed by atoms with E-state index in [9.17, 15) is 4.79 Å². The van der Waals surface area contributed by atoms with Crippen LogP contribution in [0.15, 0.2) is 0 Å². The van der Waals surface area contributed by atoms with Crippen molar-refractivity contribution in [3.63, 3.8) is 0 Å². The normalized spacial score (nSPS) is 16.1. The number of carbonyl (C=O) groups excluding carboxylic acids is 1. The molecule has 1 fully saturated rings. The molecule has 2 rings (SSSR count). The van der Waals surface area contributed by atoms with Gasteiger partial charge in [-0.2, -0.15) is 0 Å². The highest BCUT2D eigenvalue weighted by Crippen LogP contribution is 2.35. The van der Waals surface area contributed by atoms with Gasteiger partial charge in [0.2, 0.25) is 0 Å². The third-order valence-corrected chi connectivity index (χ3v) is 3.42. The minimum Gasteiger partial charge on any atom is -0.461 e. The maximum atomic E-state index is 11.5. The lowest BCUT2D eigenvalue weighted by Gasteiger charge is -2.22. The predicted octanol–water partition coefficient (Wildman–Crippen LogP) is 2.46. The molecule has 0 saturated heterocycles. The highest BCUT2D eigenvalue weighted by molar-refractivity contribution is 14.1. The average molecular weight is 320 g/mol. The van der Waals surface area contributed by atoms with E-state index in [1.54, 1.807) is 6.92 Å². The molecular weight excluding hydrogens is 307 g/mol. The molecule has 1 aliphatic carbocycles. The van der Waals surface area contributed by atoms with Gasteiger partial charge in [0, 0.05) is 5.92 Å². The Hall–Kier alpha value is -0.590. The number of H-pyrrole nitrogens is 1. The summed E-state index contributed by atoms with van der Waals surface area (Å²) in [5, 5.41) is 0. The number of hydrogen-bond acceptors (Lipinski definition) is 3. The molecule has 0 spiro atoms. The SMILES string of the molecule is CCOC(=O)c1nc(C2CCC2)[nH]c1I. The van der Waals surface area contributed by atoms with Crippen LogP contribution in [0.1, 0.15) is 48.4 Å². The summed E-state index contributed by atoms with van der Waals surface area (Å²) in [6.07, 6.45) is 3.61. The van der Waals surface area contributed by atoms with Gasteiger partial charge in [0.15, 0.2) is 5.69 Å². The molecule has 0 aromatic carbocycles. The van der Waals surface area contributed by atoms with E-state index in [0.29, 0.717) is 18.2 Å². The Kier molecular flexibility index (Phi) is 3.28. The number of ether oxygens (including phenoxy) is 1. The van der Waals surface area contributed by atoms with Gasteiger partial charge in [-0.3, -0.25) is 0 Å². The summed E-state index contributed by atoms with van der Waals surface area (Å²) in [5.74, 6) is 1.12. The van der Waals surface area contributed by atoms with Crippen molar-refractivity contribution in [2.75, 3.05) is 6.61 Å². The zero-order chi connectivity index (χ0) is 10.8. The van der Waals surface area contributed by atoms with Crippen molar-refractivity contribution in [3.05, 3.63) is 15.2 Å². The Morgan fingerprint density at radius 1 is 1.67 bits per heavy atom. The van der Waals surface area contributed by atoms with Gasteiger partial charge in [-0.05, 0) is 42.4 Å². The maximum Gasteiger partial charge on any atom is 0.359 e. The van der Waals surface area contributed by atoms with Gasteiger partial charge in [-0.25, -0.2) is 9.78 Å². The van der Waals surface area contributed by atoms with E-state index in [0.717, 1.165) is 9.53 Å². The molecule has 1 N–H and O–H groups in total. The zero-order valence-corrected chi connectivity index (χ0v) is 10.7. The van der Waals surface area contributed by atoms with Crippen molar-refractivity contribution < 1.29 is 9.53 Å². The number of imidazole rings is 1. The van der Waals surface area contributed by atoms with Gasteiger partial charge in [-0.1, -0.05) is 6.42 Å². The quantitative estimate of drug-likeness (QED) is 0.687. The van der Waals surface area contributed by atoms with Crippen LogP contribution in [0.25, 0.3) is 0 Å². The summed E-state index contributed by atoms with van der Waals surface area (Å²) >= 11 is 2.09. The van der Waals surface area contributed by atoms with Crippen LogP contribution in [0.2, 0.25) is 0 Å². The van der Waals surface area contributed by atoms with Crippen molar-refractivity contribution in [3.8, 4) is 0 Å². The summed E-state index contributed by atoms with van der Waals surface area (Å²) in [6.45, 7) is 2.19. The van der Waals surface area contributed by atoms with Crippen LogP contribution in [0.5, 0.6) is 0 Å². The lowest BCUT2D eigenvalue weighted by molar-refractivity contribution is 0.0518. The summed E-state index contributed by atoms with van der Waals surface area (Å²) in [4.78, 5) is 19.0. The van der Waals surface area contributed by atoms with Crippen molar-refractivity contribution in [2.45, 2.75) is 32.1 Å². The molecule has 5 heteroatoms. The number of aromatic amines is 1. The van der Waals surface area contributed by atoms with Gasteiger partial charge >= 0.3 is 5.97 Å². The standard InChI is InChI=1S/C10H13IN2O2/c1-2-15-10(14)7-8(11)13-9(12-7)6-4-3-5-6/h6H,2-5H2,1H3,(H,12,13). The molecule has 15 heavy (non-hydrogen) atoms. The number of nitrogens with one attached hydrogen (secondary N) is 1. The minimum absolute atomic E-state index is 0.330. The monoisotopic (exact) mass is 320 g/mol. The second-order valence-electron chi connectivity index (χ2n) is 3.63. The maximum absolute atomic E-state index is 11.5. The molecule has 1 aromatic rings.